The number of nitrogens with one attached hydrogen (secondary N) is 1. The van der Waals surface area contributed by atoms with Gasteiger partial charge in [-0.3, -0.25) is 14.7 Å². The number of rotatable bonds is 7. The highest BCUT2D eigenvalue weighted by molar-refractivity contribution is 7.51. The molecule has 1 unspecified atom stereocenters. The quantitative estimate of drug-likeness (QED) is 0.453. The van der Waals surface area contributed by atoms with Gasteiger partial charge in [-0.25, -0.2) is 4.79 Å². The second-order valence-corrected chi connectivity index (χ2v) is 6.57. The number of nitro benzene ring substituents is 1. The van der Waals surface area contributed by atoms with Gasteiger partial charge in [0.05, 0.1) is 11.2 Å². The summed E-state index contributed by atoms with van der Waals surface area (Å²) in [4.78, 5) is 33.2. The lowest BCUT2D eigenvalue weighted by Gasteiger charge is -2.24. The molecule has 0 aliphatic carbocycles. The average Bonchev–Trinajstić information content (AvgIpc) is 2.59. The van der Waals surface area contributed by atoms with Gasteiger partial charge in [0.25, 0.3) is 5.69 Å². The third kappa shape index (κ3) is 6.25. The number of hydrogen-bond donors (Lipinski definition) is 1. The first-order chi connectivity index (χ1) is 11.9. The molecule has 1 amide bonds. The predicted molar refractivity (Wildman–Crippen MR) is 86.0 cm³/mol. The van der Waals surface area contributed by atoms with Crippen molar-refractivity contribution in [3.63, 3.8) is 0 Å². The van der Waals surface area contributed by atoms with Gasteiger partial charge in [0, 0.05) is 12.1 Å². The molecular weight excluding hydrogens is 351 g/mol. The van der Waals surface area contributed by atoms with Crippen molar-refractivity contribution < 1.29 is 28.4 Å². The van der Waals surface area contributed by atoms with Gasteiger partial charge in [-0.05, 0) is 17.7 Å². The minimum absolute atomic E-state index is 0.000951. The molecule has 0 bridgehead atoms. The van der Waals surface area contributed by atoms with Crippen molar-refractivity contribution in [2.45, 2.75) is 6.61 Å². The summed E-state index contributed by atoms with van der Waals surface area (Å²) in [5.41, 5.74) is 0.556. The molecule has 10 heteroatoms. The zero-order chi connectivity index (χ0) is 18.3. The van der Waals surface area contributed by atoms with Gasteiger partial charge >= 0.3 is 6.09 Å². The van der Waals surface area contributed by atoms with Crippen LogP contribution in [0.25, 0.3) is 0 Å². The van der Waals surface area contributed by atoms with Crippen molar-refractivity contribution in [2.24, 2.45) is 0 Å². The SMILES string of the molecule is O=C(NCP(=O)([O-])Oc1ccc([N+](=O)[O-])cc1)OCc1ccccc1. The van der Waals surface area contributed by atoms with Crippen molar-refractivity contribution in [1.29, 1.82) is 0 Å². The summed E-state index contributed by atoms with van der Waals surface area (Å²) in [7, 11) is -4.43. The third-order valence-electron chi connectivity index (χ3n) is 2.92. The number of nitro groups is 1. The van der Waals surface area contributed by atoms with Gasteiger partial charge in [-0.2, -0.15) is 0 Å². The summed E-state index contributed by atoms with van der Waals surface area (Å²) in [5, 5.41) is 12.6. The molecule has 25 heavy (non-hydrogen) atoms. The maximum Gasteiger partial charge on any atom is 0.407 e. The maximum absolute atomic E-state index is 11.8. The molecule has 0 radical (unpaired) electrons. The van der Waals surface area contributed by atoms with Crippen LogP contribution in [0.1, 0.15) is 5.56 Å². The largest absolute Gasteiger partial charge is 0.768 e. The molecule has 1 atom stereocenters. The summed E-state index contributed by atoms with van der Waals surface area (Å²) < 4.78 is 21.4. The number of carbonyl (C=O) groups excluding carboxylic acids is 1. The van der Waals surface area contributed by atoms with E-state index in [4.69, 9.17) is 9.26 Å². The van der Waals surface area contributed by atoms with Crippen LogP contribution in [0, 0.1) is 10.1 Å². The average molecular weight is 365 g/mol. The Morgan fingerprint density at radius 1 is 1.12 bits per heavy atom. The Kier molecular flexibility index (Phi) is 6.10. The van der Waals surface area contributed by atoms with Gasteiger partial charge in [0.2, 0.25) is 7.60 Å². The highest BCUT2D eigenvalue weighted by Crippen LogP contribution is 2.37. The second kappa shape index (κ2) is 8.27. The van der Waals surface area contributed by atoms with E-state index in [-0.39, 0.29) is 18.0 Å². The molecule has 1 N–H and O–H groups in total. The minimum Gasteiger partial charge on any atom is -0.768 e. The summed E-state index contributed by atoms with van der Waals surface area (Å²) >= 11 is 0. The molecule has 0 heterocycles. The molecular formula is C15H14N2O7P-. The minimum atomic E-state index is -4.43. The van der Waals surface area contributed by atoms with Crippen molar-refractivity contribution in [2.75, 3.05) is 6.29 Å². The van der Waals surface area contributed by atoms with Crippen LogP contribution in [0.3, 0.4) is 0 Å². The Hall–Kier alpha value is -2.90. The summed E-state index contributed by atoms with van der Waals surface area (Å²) in [5.74, 6) is -0.0941. The van der Waals surface area contributed by atoms with Crippen LogP contribution in [0.15, 0.2) is 54.6 Å². The summed E-state index contributed by atoms with van der Waals surface area (Å²) in [6.45, 7) is -0.000951. The van der Waals surface area contributed by atoms with Crippen molar-refractivity contribution in [1.82, 2.24) is 5.32 Å². The van der Waals surface area contributed by atoms with E-state index in [0.29, 0.717) is 0 Å². The first-order valence-corrected chi connectivity index (χ1v) is 8.77. The molecule has 0 saturated heterocycles. The molecule has 0 saturated carbocycles. The fourth-order valence-electron chi connectivity index (χ4n) is 1.76. The number of ether oxygens (including phenoxy) is 1. The number of non-ortho nitro benzene ring substituents is 1. The maximum atomic E-state index is 11.8. The van der Waals surface area contributed by atoms with E-state index in [1.807, 2.05) is 6.07 Å². The summed E-state index contributed by atoms with van der Waals surface area (Å²) in [6, 6.07) is 13.4. The third-order valence-corrected chi connectivity index (χ3v) is 3.96. The molecule has 0 fully saturated rings. The normalized spacial score (nSPS) is 12.7. The number of alkyl carbamates (subject to hydrolysis) is 1. The van der Waals surface area contributed by atoms with Crippen LogP contribution in [0.5, 0.6) is 5.75 Å². The van der Waals surface area contributed by atoms with Crippen molar-refractivity contribution >= 4 is 19.4 Å². The van der Waals surface area contributed by atoms with Crippen molar-refractivity contribution in [3.05, 3.63) is 70.3 Å². The topological polar surface area (TPSA) is 131 Å². The van der Waals surface area contributed by atoms with Gasteiger partial charge < -0.3 is 19.5 Å². The molecule has 2 rings (SSSR count). The molecule has 2 aromatic carbocycles. The molecule has 132 valence electrons. The lowest BCUT2D eigenvalue weighted by molar-refractivity contribution is -0.384. The van der Waals surface area contributed by atoms with E-state index >= 15 is 0 Å². The Morgan fingerprint density at radius 3 is 2.36 bits per heavy atom. The van der Waals surface area contributed by atoms with Crippen LogP contribution in [0.4, 0.5) is 10.5 Å². The molecule has 9 nitrogen and oxygen atoms in total. The lowest BCUT2D eigenvalue weighted by atomic mass is 10.2. The van der Waals surface area contributed by atoms with Gasteiger partial charge in [0.1, 0.15) is 12.4 Å². The van der Waals surface area contributed by atoms with Crippen LogP contribution < -0.4 is 14.7 Å². The first kappa shape index (κ1) is 18.4. The highest BCUT2D eigenvalue weighted by Gasteiger charge is 2.14. The highest BCUT2D eigenvalue weighted by atomic mass is 31.2. The van der Waals surface area contributed by atoms with Gasteiger partial charge in [-0.1, -0.05) is 30.3 Å². The van der Waals surface area contributed by atoms with E-state index in [1.54, 1.807) is 24.3 Å². The number of hydrogen-bond acceptors (Lipinski definition) is 7. The van der Waals surface area contributed by atoms with Crippen LogP contribution in [-0.4, -0.2) is 17.3 Å². The Labute approximate surface area is 142 Å². The number of amides is 1. The number of benzene rings is 2. The van der Waals surface area contributed by atoms with E-state index < -0.39 is 24.9 Å². The number of carbonyl (C=O) groups is 1. The Bertz CT molecular complexity index is 780. The fraction of sp³-hybridized carbons (Fsp3) is 0.133. The first-order valence-electron chi connectivity index (χ1n) is 7.04. The van der Waals surface area contributed by atoms with E-state index in [1.165, 1.54) is 0 Å². The van der Waals surface area contributed by atoms with E-state index in [9.17, 15) is 24.4 Å². The summed E-state index contributed by atoms with van der Waals surface area (Å²) in [6.07, 6.45) is -1.69. The Morgan fingerprint density at radius 2 is 1.76 bits per heavy atom. The Balaban J connectivity index is 1.81. The van der Waals surface area contributed by atoms with Crippen LogP contribution in [-0.2, 0) is 15.9 Å². The standard InChI is InChI=1S/C15H15N2O7P/c18-15(23-10-12-4-2-1-3-5-12)16-11-25(21,22)24-14-8-6-13(7-9-14)17(19)20/h1-9H,10-11H2,(H,16,18)(H,21,22)/p-1. The van der Waals surface area contributed by atoms with Gasteiger partial charge in [-0.15, -0.1) is 0 Å². The van der Waals surface area contributed by atoms with Crippen LogP contribution >= 0.6 is 7.60 Å². The van der Waals surface area contributed by atoms with Gasteiger partial charge in [0.15, 0.2) is 0 Å². The smallest absolute Gasteiger partial charge is 0.407 e. The molecule has 0 aliphatic rings. The monoisotopic (exact) mass is 365 g/mol. The van der Waals surface area contributed by atoms with Crippen LogP contribution in [0.2, 0.25) is 0 Å². The zero-order valence-electron chi connectivity index (χ0n) is 12.9. The molecule has 2 aromatic rings. The molecule has 0 aromatic heterocycles. The second-order valence-electron chi connectivity index (χ2n) is 4.85. The lowest BCUT2D eigenvalue weighted by Crippen LogP contribution is -2.29. The molecule has 0 aliphatic heterocycles. The van der Waals surface area contributed by atoms with E-state index in [2.05, 4.69) is 5.32 Å². The predicted octanol–water partition coefficient (Wildman–Crippen LogP) is 2.41. The fourth-order valence-corrected chi connectivity index (χ4v) is 2.59. The van der Waals surface area contributed by atoms with Crippen molar-refractivity contribution in [3.8, 4) is 5.75 Å². The molecule has 0 spiro atoms. The van der Waals surface area contributed by atoms with E-state index in [0.717, 1.165) is 29.8 Å². The number of nitrogens with zero attached hydrogens (tertiary/aromatic N) is 1. The zero-order valence-corrected chi connectivity index (χ0v) is 13.8.